The van der Waals surface area contributed by atoms with Crippen LogP contribution in [0.2, 0.25) is 0 Å². The molecule has 1 aromatic heterocycles. The van der Waals surface area contributed by atoms with Crippen LogP contribution in [0.15, 0.2) is 39.5 Å². The molecule has 156 valence electrons. The van der Waals surface area contributed by atoms with Gasteiger partial charge in [0, 0.05) is 34.3 Å². The Bertz CT molecular complexity index is 1210. The molecule has 0 radical (unpaired) electrons. The molecule has 0 saturated heterocycles. The van der Waals surface area contributed by atoms with E-state index in [1.165, 1.54) is 6.07 Å². The summed E-state index contributed by atoms with van der Waals surface area (Å²) in [6.07, 6.45) is -0.855. The molecule has 4 nitrogen and oxygen atoms in total. The fourth-order valence-corrected chi connectivity index (χ4v) is 4.55. The van der Waals surface area contributed by atoms with Crippen LogP contribution in [0.25, 0.3) is 11.0 Å². The molecular formula is C23H20F3NO3. The molecule has 3 aromatic rings. The van der Waals surface area contributed by atoms with Crippen LogP contribution in [0, 0.1) is 6.92 Å². The molecule has 2 aliphatic rings. The molecule has 2 heterocycles. The summed E-state index contributed by atoms with van der Waals surface area (Å²) in [5.41, 5.74) is 3.47. The van der Waals surface area contributed by atoms with Gasteiger partial charge in [0.1, 0.15) is 11.3 Å². The Balaban J connectivity index is 1.59. The van der Waals surface area contributed by atoms with E-state index in [9.17, 15) is 18.0 Å². The highest BCUT2D eigenvalue weighted by molar-refractivity contribution is 5.87. The van der Waals surface area contributed by atoms with E-state index in [0.29, 0.717) is 23.6 Å². The van der Waals surface area contributed by atoms with Gasteiger partial charge < -0.3 is 14.1 Å². The first-order chi connectivity index (χ1) is 14.3. The number of anilines is 1. The molecule has 0 fully saturated rings. The Morgan fingerprint density at radius 1 is 1.07 bits per heavy atom. The standard InChI is InChI=1S/C23H20F3NO3/c1-13-20-14(9-19-17-7-2-3-8-18(17)22(28)30-21(13)19)11-27(12-29-20)16-6-4-5-15(10-16)23(24,25)26/h4-6,9-10H,2-3,7-8,11-12H2,1H3. The first-order valence-corrected chi connectivity index (χ1v) is 9.99. The third kappa shape index (κ3) is 3.04. The van der Waals surface area contributed by atoms with Crippen molar-refractivity contribution in [1.29, 1.82) is 0 Å². The van der Waals surface area contributed by atoms with Crippen molar-refractivity contribution in [3.05, 3.63) is 68.6 Å². The van der Waals surface area contributed by atoms with Crippen LogP contribution in [-0.4, -0.2) is 6.73 Å². The number of nitrogens with zero attached hydrogens (tertiary/aromatic N) is 1. The topological polar surface area (TPSA) is 42.7 Å². The van der Waals surface area contributed by atoms with E-state index in [2.05, 4.69) is 0 Å². The van der Waals surface area contributed by atoms with Gasteiger partial charge in [-0.25, -0.2) is 4.79 Å². The molecule has 2 aromatic carbocycles. The maximum atomic E-state index is 13.1. The molecule has 5 rings (SSSR count). The van der Waals surface area contributed by atoms with E-state index in [0.717, 1.165) is 65.5 Å². The van der Waals surface area contributed by atoms with E-state index in [1.54, 1.807) is 11.0 Å². The predicted octanol–water partition coefficient (Wildman–Crippen LogP) is 5.36. The minimum absolute atomic E-state index is 0.121. The Labute approximate surface area is 170 Å². The molecule has 1 aliphatic heterocycles. The van der Waals surface area contributed by atoms with Crippen molar-refractivity contribution < 1.29 is 22.3 Å². The second kappa shape index (κ2) is 6.79. The van der Waals surface area contributed by atoms with Crippen LogP contribution in [-0.2, 0) is 25.6 Å². The smallest absolute Gasteiger partial charge is 0.416 e. The maximum Gasteiger partial charge on any atom is 0.416 e. The molecule has 0 spiro atoms. The molecule has 0 atom stereocenters. The largest absolute Gasteiger partial charge is 0.472 e. The molecule has 0 N–H and O–H groups in total. The van der Waals surface area contributed by atoms with E-state index >= 15 is 0 Å². The number of aryl methyl sites for hydroxylation is 2. The molecule has 7 heteroatoms. The van der Waals surface area contributed by atoms with Crippen LogP contribution in [0.5, 0.6) is 5.75 Å². The number of benzene rings is 2. The normalized spacial score (nSPS) is 16.2. The minimum Gasteiger partial charge on any atom is -0.472 e. The summed E-state index contributed by atoms with van der Waals surface area (Å²) in [5, 5.41) is 0.912. The maximum absolute atomic E-state index is 13.1. The lowest BCUT2D eigenvalue weighted by Gasteiger charge is -2.32. The van der Waals surface area contributed by atoms with Crippen LogP contribution in [0.3, 0.4) is 0 Å². The van der Waals surface area contributed by atoms with E-state index in [4.69, 9.17) is 9.15 Å². The van der Waals surface area contributed by atoms with Gasteiger partial charge in [-0.2, -0.15) is 13.2 Å². The monoisotopic (exact) mass is 415 g/mol. The summed E-state index contributed by atoms with van der Waals surface area (Å²) < 4.78 is 50.9. The number of alkyl halides is 3. The number of hydrogen-bond donors (Lipinski definition) is 0. The predicted molar refractivity (Wildman–Crippen MR) is 107 cm³/mol. The minimum atomic E-state index is -4.39. The number of rotatable bonds is 1. The van der Waals surface area contributed by atoms with Gasteiger partial charge in [0.25, 0.3) is 0 Å². The van der Waals surface area contributed by atoms with Crippen molar-refractivity contribution in [1.82, 2.24) is 0 Å². The lowest BCUT2D eigenvalue weighted by molar-refractivity contribution is -0.137. The zero-order valence-electron chi connectivity index (χ0n) is 16.4. The molecule has 0 saturated carbocycles. The zero-order chi connectivity index (χ0) is 21.0. The van der Waals surface area contributed by atoms with Gasteiger partial charge in [-0.1, -0.05) is 6.07 Å². The number of hydrogen-bond acceptors (Lipinski definition) is 4. The molecule has 0 bridgehead atoms. The van der Waals surface area contributed by atoms with Crippen LogP contribution < -0.4 is 15.3 Å². The summed E-state index contributed by atoms with van der Waals surface area (Å²) in [6, 6.07) is 7.24. The lowest BCUT2D eigenvalue weighted by atomic mass is 9.89. The second-order valence-corrected chi connectivity index (χ2v) is 7.94. The Kier molecular flexibility index (Phi) is 4.31. The highest BCUT2D eigenvalue weighted by Gasteiger charge is 2.31. The number of halogens is 3. The Morgan fingerprint density at radius 2 is 1.83 bits per heavy atom. The number of ether oxygens (including phenoxy) is 1. The zero-order valence-corrected chi connectivity index (χ0v) is 16.4. The van der Waals surface area contributed by atoms with E-state index < -0.39 is 11.7 Å². The SMILES string of the molecule is Cc1c2c(cc3c4c(c(=O)oc13)CCCC4)CN(c1cccc(C(F)(F)F)c1)CO2. The fraction of sp³-hybridized carbons (Fsp3) is 0.348. The van der Waals surface area contributed by atoms with Crippen LogP contribution in [0.1, 0.15) is 40.7 Å². The van der Waals surface area contributed by atoms with Gasteiger partial charge in [-0.3, -0.25) is 0 Å². The van der Waals surface area contributed by atoms with Gasteiger partial charge in [-0.15, -0.1) is 0 Å². The molecule has 0 unspecified atom stereocenters. The quantitative estimate of drug-likeness (QED) is 0.502. The van der Waals surface area contributed by atoms with E-state index in [1.807, 2.05) is 13.0 Å². The van der Waals surface area contributed by atoms with Gasteiger partial charge in [0.15, 0.2) is 6.73 Å². The summed E-state index contributed by atoms with van der Waals surface area (Å²) in [7, 11) is 0. The van der Waals surface area contributed by atoms with Gasteiger partial charge >= 0.3 is 11.8 Å². The second-order valence-electron chi connectivity index (χ2n) is 7.94. The molecule has 0 amide bonds. The molecule has 30 heavy (non-hydrogen) atoms. The average molecular weight is 415 g/mol. The van der Waals surface area contributed by atoms with E-state index in [-0.39, 0.29) is 12.4 Å². The summed E-state index contributed by atoms with van der Waals surface area (Å²) >= 11 is 0. The Hall–Kier alpha value is -2.96. The van der Waals surface area contributed by atoms with Gasteiger partial charge in [-0.05, 0) is 62.4 Å². The highest BCUT2D eigenvalue weighted by Crippen LogP contribution is 2.39. The van der Waals surface area contributed by atoms with Crippen molar-refractivity contribution in [2.24, 2.45) is 0 Å². The number of fused-ring (bicyclic) bond motifs is 4. The van der Waals surface area contributed by atoms with Crippen LogP contribution >= 0.6 is 0 Å². The van der Waals surface area contributed by atoms with Crippen molar-refractivity contribution >= 4 is 16.7 Å². The summed E-state index contributed by atoms with van der Waals surface area (Å²) in [6.45, 7) is 2.40. The van der Waals surface area contributed by atoms with Crippen molar-refractivity contribution in [2.75, 3.05) is 11.6 Å². The van der Waals surface area contributed by atoms with Gasteiger partial charge in [0.05, 0.1) is 5.56 Å². The molecular weight excluding hydrogens is 395 g/mol. The summed E-state index contributed by atoms with van der Waals surface area (Å²) in [5.74, 6) is 0.643. The van der Waals surface area contributed by atoms with Crippen LogP contribution in [0.4, 0.5) is 18.9 Å². The molecule has 1 aliphatic carbocycles. The van der Waals surface area contributed by atoms with Crippen molar-refractivity contribution in [3.63, 3.8) is 0 Å². The van der Waals surface area contributed by atoms with Crippen molar-refractivity contribution in [3.8, 4) is 5.75 Å². The van der Waals surface area contributed by atoms with Crippen molar-refractivity contribution in [2.45, 2.75) is 45.3 Å². The average Bonchev–Trinajstić information content (AvgIpc) is 2.74. The first-order valence-electron chi connectivity index (χ1n) is 9.99. The third-order valence-corrected chi connectivity index (χ3v) is 6.03. The Morgan fingerprint density at radius 3 is 2.60 bits per heavy atom. The first kappa shape index (κ1) is 19.0. The highest BCUT2D eigenvalue weighted by atomic mass is 19.4. The van der Waals surface area contributed by atoms with Gasteiger partial charge in [0.2, 0.25) is 0 Å². The fourth-order valence-electron chi connectivity index (χ4n) is 4.55. The lowest BCUT2D eigenvalue weighted by Crippen LogP contribution is -2.32. The summed E-state index contributed by atoms with van der Waals surface area (Å²) in [4.78, 5) is 14.2. The third-order valence-electron chi connectivity index (χ3n) is 6.03.